The maximum absolute atomic E-state index is 10.3. The quantitative estimate of drug-likeness (QED) is 0.385. The van der Waals surface area contributed by atoms with Gasteiger partial charge >= 0.3 is 0 Å². The van der Waals surface area contributed by atoms with Crippen LogP contribution in [0.3, 0.4) is 0 Å². The van der Waals surface area contributed by atoms with Crippen molar-refractivity contribution in [1.29, 1.82) is 0 Å². The summed E-state index contributed by atoms with van der Waals surface area (Å²) in [5.74, 6) is 0. The highest BCUT2D eigenvalue weighted by atomic mass is 32.1. The van der Waals surface area contributed by atoms with E-state index in [-0.39, 0.29) is 5.24 Å². The number of thiol groups is 1. The Morgan fingerprint density at radius 1 is 1.50 bits per heavy atom. The van der Waals surface area contributed by atoms with Gasteiger partial charge in [-0.2, -0.15) is 0 Å². The molecule has 0 bridgehead atoms. The van der Waals surface area contributed by atoms with Crippen LogP contribution >= 0.6 is 12.6 Å². The molecular formula is C9H15NOS. The van der Waals surface area contributed by atoms with E-state index >= 15 is 0 Å². The number of allylic oxidation sites excluding steroid dienone is 3. The molecule has 0 rings (SSSR count). The summed E-state index contributed by atoms with van der Waals surface area (Å²) in [5.41, 5.74) is 0. The van der Waals surface area contributed by atoms with Gasteiger partial charge in [0.15, 0.2) is 0 Å². The molecule has 0 aromatic carbocycles. The van der Waals surface area contributed by atoms with Crippen LogP contribution in [0.2, 0.25) is 0 Å². The van der Waals surface area contributed by atoms with Crippen LogP contribution in [-0.4, -0.2) is 5.24 Å². The molecule has 0 aromatic rings. The van der Waals surface area contributed by atoms with E-state index < -0.39 is 0 Å². The van der Waals surface area contributed by atoms with E-state index in [0.29, 0.717) is 0 Å². The van der Waals surface area contributed by atoms with Crippen LogP contribution in [0.1, 0.15) is 26.2 Å². The summed E-state index contributed by atoms with van der Waals surface area (Å²) in [6.45, 7) is 2.16. The molecule has 12 heavy (non-hydrogen) atoms. The third kappa shape index (κ3) is 9.30. The molecular weight excluding hydrogens is 170 g/mol. The van der Waals surface area contributed by atoms with Gasteiger partial charge in [0.05, 0.1) is 0 Å². The number of nitrogens with one attached hydrogen (secondary N) is 1. The van der Waals surface area contributed by atoms with Crippen molar-refractivity contribution in [1.82, 2.24) is 5.32 Å². The molecule has 0 saturated heterocycles. The van der Waals surface area contributed by atoms with Crippen molar-refractivity contribution in [3.05, 3.63) is 24.4 Å². The van der Waals surface area contributed by atoms with Crippen LogP contribution in [0.25, 0.3) is 0 Å². The molecule has 1 N–H and O–H groups in total. The fourth-order valence-electron chi connectivity index (χ4n) is 0.672. The van der Waals surface area contributed by atoms with Crippen LogP contribution in [0.15, 0.2) is 24.4 Å². The summed E-state index contributed by atoms with van der Waals surface area (Å²) in [6.07, 6.45) is 10.9. The van der Waals surface area contributed by atoms with Crippen molar-refractivity contribution in [3.8, 4) is 0 Å². The van der Waals surface area contributed by atoms with E-state index in [9.17, 15) is 4.79 Å². The first-order valence-corrected chi connectivity index (χ1v) is 4.53. The van der Waals surface area contributed by atoms with Crippen molar-refractivity contribution in [2.45, 2.75) is 26.2 Å². The highest BCUT2D eigenvalue weighted by molar-refractivity contribution is 7.96. The molecule has 0 unspecified atom stereocenters. The van der Waals surface area contributed by atoms with E-state index in [2.05, 4.69) is 30.9 Å². The Hall–Kier alpha value is -0.700. The molecule has 68 valence electrons. The van der Waals surface area contributed by atoms with Crippen molar-refractivity contribution in [3.63, 3.8) is 0 Å². The third-order valence-electron chi connectivity index (χ3n) is 1.27. The Balaban J connectivity index is 3.33. The molecule has 0 atom stereocenters. The first kappa shape index (κ1) is 11.3. The molecule has 1 amide bonds. The fraction of sp³-hybridized carbons (Fsp3) is 0.444. The van der Waals surface area contributed by atoms with Gasteiger partial charge < -0.3 is 5.32 Å². The molecule has 0 aliphatic rings. The van der Waals surface area contributed by atoms with Gasteiger partial charge in [-0.3, -0.25) is 4.79 Å². The minimum atomic E-state index is -0.340. The minimum Gasteiger partial charge on any atom is -0.324 e. The lowest BCUT2D eigenvalue weighted by Gasteiger charge is -1.87. The Kier molecular flexibility index (Phi) is 7.91. The maximum atomic E-state index is 10.3. The van der Waals surface area contributed by atoms with Crippen molar-refractivity contribution >= 4 is 17.9 Å². The minimum absolute atomic E-state index is 0.340. The summed E-state index contributed by atoms with van der Waals surface area (Å²) in [6, 6.07) is 0. The highest BCUT2D eigenvalue weighted by Crippen LogP contribution is 1.94. The van der Waals surface area contributed by atoms with Gasteiger partial charge in [0, 0.05) is 6.20 Å². The highest BCUT2D eigenvalue weighted by Gasteiger charge is 1.80. The molecule has 0 fully saturated rings. The predicted molar refractivity (Wildman–Crippen MR) is 55.3 cm³/mol. The van der Waals surface area contributed by atoms with Gasteiger partial charge in [-0.1, -0.05) is 44.5 Å². The Labute approximate surface area is 79.1 Å². The van der Waals surface area contributed by atoms with Crippen molar-refractivity contribution < 1.29 is 4.79 Å². The van der Waals surface area contributed by atoms with Crippen LogP contribution in [0, 0.1) is 0 Å². The third-order valence-corrected chi connectivity index (χ3v) is 1.40. The SMILES string of the molecule is CCCC/C=C/C=C/NC(=O)S. The van der Waals surface area contributed by atoms with Gasteiger partial charge in [0.1, 0.15) is 0 Å². The van der Waals surface area contributed by atoms with Crippen LogP contribution in [-0.2, 0) is 0 Å². The first-order chi connectivity index (χ1) is 5.77. The summed E-state index contributed by atoms with van der Waals surface area (Å²) in [5, 5.41) is 2.09. The number of hydrogen-bond acceptors (Lipinski definition) is 1. The topological polar surface area (TPSA) is 29.1 Å². The second kappa shape index (κ2) is 8.40. The largest absolute Gasteiger partial charge is 0.324 e. The number of carbonyl (C=O) groups excluding carboxylic acids is 1. The van der Waals surface area contributed by atoms with Crippen LogP contribution < -0.4 is 5.32 Å². The number of unbranched alkanes of at least 4 members (excludes halogenated alkanes) is 2. The van der Waals surface area contributed by atoms with Gasteiger partial charge in [-0.05, 0) is 12.5 Å². The zero-order valence-corrected chi connectivity index (χ0v) is 8.18. The summed E-state index contributed by atoms with van der Waals surface area (Å²) in [7, 11) is 0. The Morgan fingerprint density at radius 3 is 2.83 bits per heavy atom. The molecule has 0 saturated carbocycles. The van der Waals surface area contributed by atoms with Crippen LogP contribution in [0.4, 0.5) is 4.79 Å². The molecule has 3 heteroatoms. The molecule has 0 aliphatic heterocycles. The summed E-state index contributed by atoms with van der Waals surface area (Å²) < 4.78 is 0. The monoisotopic (exact) mass is 185 g/mol. The standard InChI is InChI=1S/C9H15NOS/c1-2-3-4-5-6-7-8-10-9(11)12/h5-8H,2-4H2,1H3,(H2,10,11,12)/b6-5+,8-7+. The smallest absolute Gasteiger partial charge is 0.279 e. The van der Waals surface area contributed by atoms with E-state index in [0.717, 1.165) is 6.42 Å². The lowest BCUT2D eigenvalue weighted by atomic mass is 10.2. The molecule has 0 spiro atoms. The van der Waals surface area contributed by atoms with Gasteiger partial charge in [0.2, 0.25) is 0 Å². The van der Waals surface area contributed by atoms with E-state index in [1.807, 2.05) is 6.08 Å². The molecule has 0 aliphatic carbocycles. The van der Waals surface area contributed by atoms with E-state index in [4.69, 9.17) is 0 Å². The average Bonchev–Trinajstić information content (AvgIpc) is 2.02. The molecule has 2 nitrogen and oxygen atoms in total. The Bertz CT molecular complexity index is 175. The fourth-order valence-corrected chi connectivity index (χ4v) is 0.746. The van der Waals surface area contributed by atoms with E-state index in [1.165, 1.54) is 12.8 Å². The van der Waals surface area contributed by atoms with Gasteiger partial charge in [-0.25, -0.2) is 0 Å². The first-order valence-electron chi connectivity index (χ1n) is 4.08. The zero-order chi connectivity index (χ0) is 9.23. The molecule has 0 aromatic heterocycles. The molecule has 0 radical (unpaired) electrons. The normalized spacial score (nSPS) is 11.2. The summed E-state index contributed by atoms with van der Waals surface area (Å²) in [4.78, 5) is 10.3. The van der Waals surface area contributed by atoms with Crippen molar-refractivity contribution in [2.75, 3.05) is 0 Å². The second-order valence-electron chi connectivity index (χ2n) is 2.38. The lowest BCUT2D eigenvalue weighted by molar-refractivity contribution is 0.263. The Morgan fingerprint density at radius 2 is 2.25 bits per heavy atom. The number of rotatable bonds is 5. The maximum Gasteiger partial charge on any atom is 0.279 e. The zero-order valence-electron chi connectivity index (χ0n) is 7.29. The number of amides is 1. The predicted octanol–water partition coefficient (Wildman–Crippen LogP) is 2.89. The van der Waals surface area contributed by atoms with Crippen molar-refractivity contribution in [2.24, 2.45) is 0 Å². The summed E-state index contributed by atoms with van der Waals surface area (Å²) >= 11 is 3.53. The number of hydrogen-bond donors (Lipinski definition) is 2. The average molecular weight is 185 g/mol. The molecule has 0 heterocycles. The van der Waals surface area contributed by atoms with Gasteiger partial charge in [0.25, 0.3) is 5.24 Å². The second-order valence-corrected chi connectivity index (χ2v) is 2.79. The number of carbonyl (C=O) groups is 1. The van der Waals surface area contributed by atoms with E-state index in [1.54, 1.807) is 12.3 Å². The van der Waals surface area contributed by atoms with Gasteiger partial charge in [-0.15, -0.1) is 0 Å². The van der Waals surface area contributed by atoms with Crippen LogP contribution in [0.5, 0.6) is 0 Å². The lowest BCUT2D eigenvalue weighted by Crippen LogP contribution is -2.06.